The molecule has 1 aromatic rings. The van der Waals surface area contributed by atoms with Gasteiger partial charge in [0.05, 0.1) is 12.3 Å². The highest BCUT2D eigenvalue weighted by Gasteiger charge is 2.30. The van der Waals surface area contributed by atoms with E-state index in [0.29, 0.717) is 5.92 Å². The summed E-state index contributed by atoms with van der Waals surface area (Å²) in [4.78, 5) is 0. The molecule has 1 aliphatic rings. The molecule has 2 rings (SSSR count). The zero-order valence-electron chi connectivity index (χ0n) is 11.8. The van der Waals surface area contributed by atoms with Gasteiger partial charge in [0.2, 0.25) is 0 Å². The smallest absolute Gasteiger partial charge is 0.0848 e. The van der Waals surface area contributed by atoms with Crippen molar-refractivity contribution in [1.82, 2.24) is 9.78 Å². The van der Waals surface area contributed by atoms with Gasteiger partial charge in [0.15, 0.2) is 0 Å². The fraction of sp³-hybridized carbons (Fsp3) is 0.800. The standard InChI is InChI=1S/C15H26N2O/c1-4-5-17-10-14(9-16-17)15(18)13-7-11(2)6-12(3)8-13/h9-13,15,18H,4-8H2,1-3H3. The number of aliphatic hydroxyl groups excluding tert-OH is 1. The predicted molar refractivity (Wildman–Crippen MR) is 73.1 cm³/mol. The number of hydrogen-bond donors (Lipinski definition) is 1. The van der Waals surface area contributed by atoms with Crippen molar-refractivity contribution in [2.45, 2.75) is 59.1 Å². The Bertz CT molecular complexity index is 364. The molecule has 102 valence electrons. The maximum absolute atomic E-state index is 10.5. The lowest BCUT2D eigenvalue weighted by Gasteiger charge is -2.34. The fourth-order valence-electron chi connectivity index (χ4n) is 3.42. The normalized spacial score (nSPS) is 30.3. The average Bonchev–Trinajstić information content (AvgIpc) is 2.76. The van der Waals surface area contributed by atoms with Crippen LogP contribution in [0.4, 0.5) is 0 Å². The van der Waals surface area contributed by atoms with Gasteiger partial charge < -0.3 is 5.11 Å². The summed E-state index contributed by atoms with van der Waals surface area (Å²) in [7, 11) is 0. The Kier molecular flexibility index (Phi) is 4.44. The second-order valence-corrected chi connectivity index (χ2v) is 6.16. The van der Waals surface area contributed by atoms with Gasteiger partial charge in [-0.3, -0.25) is 4.68 Å². The van der Waals surface area contributed by atoms with Crippen LogP contribution in [0.25, 0.3) is 0 Å². The summed E-state index contributed by atoms with van der Waals surface area (Å²) < 4.78 is 1.94. The maximum Gasteiger partial charge on any atom is 0.0848 e. The third kappa shape index (κ3) is 3.14. The van der Waals surface area contributed by atoms with E-state index in [-0.39, 0.29) is 6.10 Å². The fourth-order valence-corrected chi connectivity index (χ4v) is 3.42. The molecule has 18 heavy (non-hydrogen) atoms. The lowest BCUT2D eigenvalue weighted by molar-refractivity contribution is 0.0551. The van der Waals surface area contributed by atoms with E-state index in [2.05, 4.69) is 25.9 Å². The summed E-state index contributed by atoms with van der Waals surface area (Å²) in [5.74, 6) is 1.88. The molecule has 3 heteroatoms. The summed E-state index contributed by atoms with van der Waals surface area (Å²) in [6, 6.07) is 0. The minimum atomic E-state index is -0.333. The van der Waals surface area contributed by atoms with Crippen molar-refractivity contribution < 1.29 is 5.11 Å². The number of aromatic nitrogens is 2. The first-order valence-corrected chi connectivity index (χ1v) is 7.30. The number of aryl methyl sites for hydroxylation is 1. The zero-order valence-corrected chi connectivity index (χ0v) is 11.8. The molecule has 1 aromatic heterocycles. The third-order valence-corrected chi connectivity index (χ3v) is 4.11. The quantitative estimate of drug-likeness (QED) is 0.889. The molecule has 1 saturated carbocycles. The van der Waals surface area contributed by atoms with Crippen LogP contribution >= 0.6 is 0 Å². The van der Waals surface area contributed by atoms with Gasteiger partial charge in [0, 0.05) is 18.3 Å². The van der Waals surface area contributed by atoms with E-state index in [4.69, 9.17) is 0 Å². The largest absolute Gasteiger partial charge is 0.388 e. The molecule has 1 N–H and O–H groups in total. The van der Waals surface area contributed by atoms with E-state index in [1.165, 1.54) is 6.42 Å². The maximum atomic E-state index is 10.5. The minimum Gasteiger partial charge on any atom is -0.388 e. The molecule has 0 amide bonds. The van der Waals surface area contributed by atoms with Crippen molar-refractivity contribution in [3.8, 4) is 0 Å². The second-order valence-electron chi connectivity index (χ2n) is 6.16. The number of hydrogen-bond acceptors (Lipinski definition) is 2. The van der Waals surface area contributed by atoms with Gasteiger partial charge in [-0.05, 0) is 43.4 Å². The molecule has 0 spiro atoms. The van der Waals surface area contributed by atoms with E-state index >= 15 is 0 Å². The monoisotopic (exact) mass is 250 g/mol. The molecule has 3 atom stereocenters. The number of rotatable bonds is 4. The number of aliphatic hydroxyl groups is 1. The Morgan fingerprint density at radius 1 is 1.33 bits per heavy atom. The van der Waals surface area contributed by atoms with Crippen molar-refractivity contribution in [2.75, 3.05) is 0 Å². The van der Waals surface area contributed by atoms with Crippen LogP contribution in [0.5, 0.6) is 0 Å². The summed E-state index contributed by atoms with van der Waals surface area (Å²) in [5.41, 5.74) is 0.995. The van der Waals surface area contributed by atoms with Crippen LogP contribution in [-0.4, -0.2) is 14.9 Å². The van der Waals surface area contributed by atoms with Crippen LogP contribution in [0.2, 0.25) is 0 Å². The Hall–Kier alpha value is -0.830. The highest BCUT2D eigenvalue weighted by Crippen LogP contribution is 2.39. The van der Waals surface area contributed by atoms with Crippen LogP contribution in [0, 0.1) is 17.8 Å². The van der Waals surface area contributed by atoms with E-state index in [9.17, 15) is 5.11 Å². The van der Waals surface area contributed by atoms with E-state index in [1.807, 2.05) is 17.1 Å². The van der Waals surface area contributed by atoms with Crippen molar-refractivity contribution >= 4 is 0 Å². The van der Waals surface area contributed by atoms with E-state index in [1.54, 1.807) is 0 Å². The highest BCUT2D eigenvalue weighted by atomic mass is 16.3. The lowest BCUT2D eigenvalue weighted by atomic mass is 9.73. The van der Waals surface area contributed by atoms with Gasteiger partial charge in [-0.2, -0.15) is 5.10 Å². The van der Waals surface area contributed by atoms with Crippen LogP contribution in [-0.2, 0) is 6.54 Å². The Balaban J connectivity index is 2.02. The van der Waals surface area contributed by atoms with Gasteiger partial charge in [-0.25, -0.2) is 0 Å². The van der Waals surface area contributed by atoms with E-state index < -0.39 is 0 Å². The first kappa shape index (κ1) is 13.6. The number of nitrogens with zero attached hydrogens (tertiary/aromatic N) is 2. The molecule has 1 heterocycles. The summed E-state index contributed by atoms with van der Waals surface area (Å²) in [5, 5.41) is 14.8. The molecule has 0 bridgehead atoms. The molecule has 1 fully saturated rings. The summed E-state index contributed by atoms with van der Waals surface area (Å²) >= 11 is 0. The van der Waals surface area contributed by atoms with Crippen molar-refractivity contribution in [3.05, 3.63) is 18.0 Å². The first-order chi connectivity index (χ1) is 8.60. The predicted octanol–water partition coefficient (Wildman–Crippen LogP) is 3.40. The van der Waals surface area contributed by atoms with Gasteiger partial charge in [0.1, 0.15) is 0 Å². The Morgan fingerprint density at radius 3 is 2.61 bits per heavy atom. The third-order valence-electron chi connectivity index (χ3n) is 4.11. The Labute approximate surface area is 110 Å². The molecule has 0 aromatic carbocycles. The topological polar surface area (TPSA) is 38.0 Å². The van der Waals surface area contributed by atoms with Crippen molar-refractivity contribution in [3.63, 3.8) is 0 Å². The molecule has 3 nitrogen and oxygen atoms in total. The van der Waals surface area contributed by atoms with Crippen LogP contribution in [0.15, 0.2) is 12.4 Å². The summed E-state index contributed by atoms with van der Waals surface area (Å²) in [6.45, 7) is 7.68. The molecular weight excluding hydrogens is 224 g/mol. The molecular formula is C15H26N2O. The molecule has 0 aliphatic heterocycles. The molecule has 0 radical (unpaired) electrons. The second kappa shape index (κ2) is 5.87. The van der Waals surface area contributed by atoms with Gasteiger partial charge in [-0.1, -0.05) is 20.8 Å². The van der Waals surface area contributed by atoms with E-state index in [0.717, 1.165) is 43.2 Å². The van der Waals surface area contributed by atoms with Crippen LogP contribution in [0.3, 0.4) is 0 Å². The van der Waals surface area contributed by atoms with Gasteiger partial charge >= 0.3 is 0 Å². The zero-order chi connectivity index (χ0) is 13.1. The first-order valence-electron chi connectivity index (χ1n) is 7.30. The highest BCUT2D eigenvalue weighted by molar-refractivity contribution is 5.09. The minimum absolute atomic E-state index is 0.333. The lowest BCUT2D eigenvalue weighted by Crippen LogP contribution is -2.24. The van der Waals surface area contributed by atoms with Crippen molar-refractivity contribution in [1.29, 1.82) is 0 Å². The van der Waals surface area contributed by atoms with Gasteiger partial charge in [0.25, 0.3) is 0 Å². The van der Waals surface area contributed by atoms with Crippen LogP contribution < -0.4 is 0 Å². The van der Waals surface area contributed by atoms with Gasteiger partial charge in [-0.15, -0.1) is 0 Å². The molecule has 3 unspecified atom stereocenters. The van der Waals surface area contributed by atoms with Crippen LogP contribution in [0.1, 0.15) is 58.1 Å². The SMILES string of the molecule is CCCn1cc(C(O)C2CC(C)CC(C)C2)cn1. The molecule has 1 aliphatic carbocycles. The average molecular weight is 250 g/mol. The summed E-state index contributed by atoms with van der Waals surface area (Å²) in [6.07, 6.45) is 8.19. The Morgan fingerprint density at radius 2 is 2.00 bits per heavy atom. The molecule has 0 saturated heterocycles. The van der Waals surface area contributed by atoms with Crippen molar-refractivity contribution in [2.24, 2.45) is 17.8 Å².